The van der Waals surface area contributed by atoms with Crippen molar-refractivity contribution in [2.75, 3.05) is 26.9 Å². The molecule has 2 aromatic rings. The molecule has 0 fully saturated rings. The van der Waals surface area contributed by atoms with Crippen molar-refractivity contribution in [1.82, 2.24) is 15.3 Å². The summed E-state index contributed by atoms with van der Waals surface area (Å²) in [6.45, 7) is 14.2. The number of ether oxygens (including phenoxy) is 1. The largest absolute Gasteiger partial charge is 0.464 e. The molecule has 192 valence electrons. The molecule has 0 unspecified atom stereocenters. The van der Waals surface area contributed by atoms with E-state index in [2.05, 4.69) is 58.1 Å². The highest BCUT2D eigenvalue weighted by atomic mass is 16.6. The van der Waals surface area contributed by atoms with E-state index in [0.29, 0.717) is 31.8 Å². The van der Waals surface area contributed by atoms with E-state index in [1.165, 1.54) is 0 Å². The fourth-order valence-electron chi connectivity index (χ4n) is 2.89. The summed E-state index contributed by atoms with van der Waals surface area (Å²) in [5.41, 5.74) is 4.89. The average Bonchev–Trinajstić information content (AvgIpc) is 2.86. The number of allylic oxidation sites excluding steroid dienone is 1. The Kier molecular flexibility index (Phi) is 15.6. The van der Waals surface area contributed by atoms with Crippen LogP contribution in [-0.4, -0.2) is 54.3 Å². The van der Waals surface area contributed by atoms with E-state index < -0.39 is 0 Å². The van der Waals surface area contributed by atoms with Crippen LogP contribution in [0.1, 0.15) is 59.6 Å². The zero-order valence-electron chi connectivity index (χ0n) is 22.4. The van der Waals surface area contributed by atoms with Gasteiger partial charge in [-0.15, -0.1) is 0 Å². The highest BCUT2D eigenvalue weighted by Gasteiger charge is 2.06. The number of hydrogen-bond donors (Lipinski definition) is 1. The summed E-state index contributed by atoms with van der Waals surface area (Å²) >= 11 is 0. The van der Waals surface area contributed by atoms with E-state index in [1.807, 2.05) is 50.3 Å². The third kappa shape index (κ3) is 12.8. The van der Waals surface area contributed by atoms with Crippen LogP contribution in [0.25, 0.3) is 11.0 Å². The predicted octanol–water partition coefficient (Wildman–Crippen LogP) is 5.73. The highest BCUT2D eigenvalue weighted by Crippen LogP contribution is 2.07. The van der Waals surface area contributed by atoms with Crippen LogP contribution in [0.15, 0.2) is 57.8 Å². The van der Waals surface area contributed by atoms with Crippen LogP contribution in [0.2, 0.25) is 0 Å². The molecule has 0 amide bonds. The molecule has 0 bridgehead atoms. The van der Waals surface area contributed by atoms with Gasteiger partial charge in [0.25, 0.3) is 0 Å². The number of aliphatic imine (C=N–C) groups is 2. The van der Waals surface area contributed by atoms with Gasteiger partial charge in [0.15, 0.2) is 0 Å². The first kappa shape index (κ1) is 29.9. The Hall–Kier alpha value is -3.13. The third-order valence-electron chi connectivity index (χ3n) is 4.74. The molecule has 0 atom stereocenters. The van der Waals surface area contributed by atoms with Crippen molar-refractivity contribution in [2.24, 2.45) is 21.1 Å². The van der Waals surface area contributed by atoms with E-state index in [9.17, 15) is 0 Å². The van der Waals surface area contributed by atoms with E-state index in [4.69, 9.17) is 9.57 Å². The molecular weight excluding hydrogens is 440 g/mol. The van der Waals surface area contributed by atoms with Gasteiger partial charge in [0.2, 0.25) is 0 Å². The van der Waals surface area contributed by atoms with Crippen LogP contribution in [0.3, 0.4) is 0 Å². The number of benzene rings is 1. The lowest BCUT2D eigenvalue weighted by Crippen LogP contribution is -2.17. The quantitative estimate of drug-likeness (QED) is 0.191. The van der Waals surface area contributed by atoms with Gasteiger partial charge in [0, 0.05) is 18.5 Å². The van der Waals surface area contributed by atoms with E-state index >= 15 is 0 Å². The summed E-state index contributed by atoms with van der Waals surface area (Å²) in [6.07, 6.45) is 8.40. The monoisotopic (exact) mass is 482 g/mol. The molecule has 1 aromatic carbocycles. The Bertz CT molecular complexity index is 983. The lowest BCUT2D eigenvalue weighted by molar-refractivity contribution is 0.213. The van der Waals surface area contributed by atoms with Gasteiger partial charge in [-0.25, -0.2) is 15.0 Å². The van der Waals surface area contributed by atoms with Crippen LogP contribution >= 0.6 is 0 Å². The smallest absolute Gasteiger partial charge is 0.312 e. The van der Waals surface area contributed by atoms with Crippen LogP contribution in [0.5, 0.6) is 0 Å². The van der Waals surface area contributed by atoms with Gasteiger partial charge in [-0.05, 0) is 50.3 Å². The Labute approximate surface area is 210 Å². The second-order valence-electron chi connectivity index (χ2n) is 8.03. The number of amidine groups is 1. The standard InChI is InChI=1S/C18H34N4O2.C9H8N2/c1-7-13-24-18(21-17(9-3)15(4)5)20-14-19-12-10-11-16(8-2)22-23-6;1-7-6-10-8-4-2-3-5-9(8)11-7/h10-11,15,19H,7-9,12-14H2,1-6H3;2-6H,1H3/b11-10+,20-18+,21-17-,22-16-;. The lowest BCUT2D eigenvalue weighted by atomic mass is 10.1. The maximum Gasteiger partial charge on any atom is 0.312 e. The first-order valence-electron chi connectivity index (χ1n) is 12.3. The molecule has 0 aliphatic carbocycles. The summed E-state index contributed by atoms with van der Waals surface area (Å²) in [4.78, 5) is 22.3. The molecule has 0 saturated carbocycles. The second kappa shape index (κ2) is 18.2. The molecule has 1 heterocycles. The van der Waals surface area contributed by atoms with Crippen molar-refractivity contribution in [1.29, 1.82) is 0 Å². The SMILES string of the molecule is CCCOC(/N=C(/CC)C(C)C)=N/CNC/C=C/C(CC)=N\OC.Cc1cnc2ccccc2n1. The number of nitrogens with zero attached hydrogens (tertiary/aromatic N) is 5. The number of aromatic nitrogens is 2. The minimum atomic E-state index is 0.397. The maximum absolute atomic E-state index is 5.64. The molecule has 8 nitrogen and oxygen atoms in total. The van der Waals surface area contributed by atoms with Crippen LogP contribution < -0.4 is 5.32 Å². The molecule has 1 aromatic heterocycles. The molecule has 2 rings (SSSR count). The van der Waals surface area contributed by atoms with Crippen molar-refractivity contribution in [3.63, 3.8) is 0 Å². The minimum absolute atomic E-state index is 0.397. The van der Waals surface area contributed by atoms with Crippen molar-refractivity contribution >= 4 is 28.5 Å². The van der Waals surface area contributed by atoms with Crippen molar-refractivity contribution in [2.45, 2.75) is 60.8 Å². The van der Waals surface area contributed by atoms with Gasteiger partial charge in [-0.2, -0.15) is 0 Å². The molecule has 8 heteroatoms. The number of hydrogen-bond acceptors (Lipinski definition) is 7. The van der Waals surface area contributed by atoms with Crippen LogP contribution in [-0.2, 0) is 9.57 Å². The molecule has 0 saturated heterocycles. The Balaban J connectivity index is 0.000000453. The number of para-hydroxylation sites is 2. The van der Waals surface area contributed by atoms with Gasteiger partial charge >= 0.3 is 6.02 Å². The predicted molar refractivity (Wildman–Crippen MR) is 147 cm³/mol. The first-order chi connectivity index (χ1) is 16.9. The summed E-state index contributed by atoms with van der Waals surface area (Å²) in [6, 6.07) is 8.33. The lowest BCUT2D eigenvalue weighted by Gasteiger charge is -2.10. The van der Waals surface area contributed by atoms with E-state index in [0.717, 1.165) is 47.4 Å². The van der Waals surface area contributed by atoms with Crippen molar-refractivity contribution in [3.8, 4) is 0 Å². The second-order valence-corrected chi connectivity index (χ2v) is 8.03. The molecular formula is C27H42N6O2. The molecule has 0 radical (unpaired) electrons. The number of fused-ring (bicyclic) bond motifs is 1. The maximum atomic E-state index is 5.64. The topological polar surface area (TPSA) is 93.4 Å². The average molecular weight is 483 g/mol. The number of oxime groups is 1. The summed E-state index contributed by atoms with van der Waals surface area (Å²) in [5.74, 6) is 0.397. The summed E-state index contributed by atoms with van der Waals surface area (Å²) in [5, 5.41) is 7.13. The van der Waals surface area contributed by atoms with Gasteiger partial charge in [-0.1, -0.05) is 58.0 Å². The van der Waals surface area contributed by atoms with Gasteiger partial charge in [-0.3, -0.25) is 10.3 Å². The van der Waals surface area contributed by atoms with Crippen LogP contribution in [0, 0.1) is 12.8 Å². The molecule has 35 heavy (non-hydrogen) atoms. The zero-order chi connectivity index (χ0) is 25.9. The van der Waals surface area contributed by atoms with Crippen LogP contribution in [0.4, 0.5) is 0 Å². The Morgan fingerprint density at radius 3 is 2.49 bits per heavy atom. The number of rotatable bonds is 11. The number of nitrogens with one attached hydrogen (secondary N) is 1. The summed E-state index contributed by atoms with van der Waals surface area (Å²) < 4.78 is 5.64. The van der Waals surface area contributed by atoms with E-state index in [1.54, 1.807) is 13.3 Å². The van der Waals surface area contributed by atoms with Gasteiger partial charge < -0.3 is 9.57 Å². The molecule has 0 aliphatic heterocycles. The van der Waals surface area contributed by atoms with E-state index in [-0.39, 0.29) is 0 Å². The Morgan fingerprint density at radius 1 is 1.11 bits per heavy atom. The third-order valence-corrected chi connectivity index (χ3v) is 4.74. The van der Waals surface area contributed by atoms with Crippen molar-refractivity contribution in [3.05, 3.63) is 48.3 Å². The minimum Gasteiger partial charge on any atom is -0.464 e. The fraction of sp³-hybridized carbons (Fsp3) is 0.519. The normalized spacial score (nSPS) is 12.7. The molecule has 0 aliphatic rings. The van der Waals surface area contributed by atoms with Crippen molar-refractivity contribution < 1.29 is 9.57 Å². The zero-order valence-corrected chi connectivity index (χ0v) is 22.4. The molecule has 0 spiro atoms. The van der Waals surface area contributed by atoms with Gasteiger partial charge in [0.1, 0.15) is 7.11 Å². The highest BCUT2D eigenvalue weighted by molar-refractivity contribution is 5.96. The number of aryl methyl sites for hydroxylation is 1. The van der Waals surface area contributed by atoms with Gasteiger partial charge in [0.05, 0.1) is 35.7 Å². The fourth-order valence-corrected chi connectivity index (χ4v) is 2.89. The first-order valence-corrected chi connectivity index (χ1v) is 12.3. The Morgan fingerprint density at radius 2 is 1.86 bits per heavy atom. The molecule has 1 N–H and O–H groups in total. The summed E-state index contributed by atoms with van der Waals surface area (Å²) in [7, 11) is 1.55.